The largest absolute Gasteiger partial charge is 0.573 e. The minimum absolute atomic E-state index is 0.323. The summed E-state index contributed by atoms with van der Waals surface area (Å²) < 4.78 is 40.1. The van der Waals surface area contributed by atoms with Crippen molar-refractivity contribution in [3.63, 3.8) is 0 Å². The van der Waals surface area contributed by atoms with E-state index in [-0.39, 0.29) is 5.75 Å². The minimum Gasteiger partial charge on any atom is -0.406 e. The third kappa shape index (κ3) is 5.62. The van der Waals surface area contributed by atoms with Crippen LogP contribution in [0.1, 0.15) is 25.5 Å². The molecule has 6 heteroatoms. The molecule has 0 aliphatic heterocycles. The highest BCUT2D eigenvalue weighted by atomic mass is 19.4. The standard InChI is InChI=1S/C13H15F3N2O/c1-9(2)8-18-12(7-17)10-4-3-5-11(6-10)19-13(14,15)16/h3-6,9,12,18H,8H2,1-2H3. The third-order valence-electron chi connectivity index (χ3n) is 2.28. The smallest absolute Gasteiger partial charge is 0.406 e. The predicted octanol–water partition coefficient (Wildman–Crippen LogP) is 3.40. The van der Waals surface area contributed by atoms with Crippen molar-refractivity contribution >= 4 is 0 Å². The number of nitriles is 1. The quantitative estimate of drug-likeness (QED) is 0.893. The van der Waals surface area contributed by atoms with Crippen LogP contribution in [0.25, 0.3) is 0 Å². The molecule has 1 atom stereocenters. The molecule has 1 rings (SSSR count). The summed E-state index contributed by atoms with van der Waals surface area (Å²) in [6.45, 7) is 4.55. The van der Waals surface area contributed by atoms with E-state index in [1.807, 2.05) is 19.9 Å². The lowest BCUT2D eigenvalue weighted by Crippen LogP contribution is -2.24. The van der Waals surface area contributed by atoms with Crippen molar-refractivity contribution in [2.75, 3.05) is 6.54 Å². The van der Waals surface area contributed by atoms with Crippen LogP contribution in [0.2, 0.25) is 0 Å². The molecule has 0 amide bonds. The van der Waals surface area contributed by atoms with E-state index in [0.717, 1.165) is 0 Å². The number of halogens is 3. The molecule has 104 valence electrons. The maximum absolute atomic E-state index is 12.1. The highest BCUT2D eigenvalue weighted by Gasteiger charge is 2.31. The van der Waals surface area contributed by atoms with E-state index in [1.54, 1.807) is 6.07 Å². The maximum Gasteiger partial charge on any atom is 0.573 e. The lowest BCUT2D eigenvalue weighted by Gasteiger charge is -2.15. The molecule has 1 unspecified atom stereocenters. The van der Waals surface area contributed by atoms with Crippen molar-refractivity contribution in [2.45, 2.75) is 26.3 Å². The molecule has 3 nitrogen and oxygen atoms in total. The molecule has 0 aliphatic carbocycles. The molecule has 0 spiro atoms. The van der Waals surface area contributed by atoms with Gasteiger partial charge in [0.1, 0.15) is 11.8 Å². The topological polar surface area (TPSA) is 45.0 Å². The van der Waals surface area contributed by atoms with Gasteiger partial charge in [0.05, 0.1) is 6.07 Å². The van der Waals surface area contributed by atoms with Gasteiger partial charge in [0, 0.05) is 0 Å². The molecular formula is C13H15F3N2O. The number of alkyl halides is 3. The molecule has 19 heavy (non-hydrogen) atoms. The van der Waals surface area contributed by atoms with E-state index in [2.05, 4.69) is 10.1 Å². The zero-order valence-electron chi connectivity index (χ0n) is 10.7. The Balaban J connectivity index is 2.82. The number of hydrogen-bond acceptors (Lipinski definition) is 3. The number of hydrogen-bond donors (Lipinski definition) is 1. The van der Waals surface area contributed by atoms with Crippen molar-refractivity contribution in [1.29, 1.82) is 5.26 Å². The van der Waals surface area contributed by atoms with Crippen LogP contribution in [0.3, 0.4) is 0 Å². The Morgan fingerprint density at radius 3 is 2.58 bits per heavy atom. The van der Waals surface area contributed by atoms with Crippen LogP contribution in [0.4, 0.5) is 13.2 Å². The van der Waals surface area contributed by atoms with E-state index in [1.165, 1.54) is 18.2 Å². The molecule has 0 radical (unpaired) electrons. The first kappa shape index (κ1) is 15.3. The van der Waals surface area contributed by atoms with Gasteiger partial charge >= 0.3 is 6.36 Å². The average molecular weight is 272 g/mol. The SMILES string of the molecule is CC(C)CNC(C#N)c1cccc(OC(F)(F)F)c1. The molecule has 0 bridgehead atoms. The van der Waals surface area contributed by atoms with Crippen LogP contribution in [0.5, 0.6) is 5.75 Å². The predicted molar refractivity (Wildman–Crippen MR) is 64.3 cm³/mol. The van der Waals surface area contributed by atoms with E-state index in [0.29, 0.717) is 18.0 Å². The zero-order chi connectivity index (χ0) is 14.5. The summed E-state index contributed by atoms with van der Waals surface area (Å²) in [7, 11) is 0. The van der Waals surface area contributed by atoms with E-state index >= 15 is 0 Å². The maximum atomic E-state index is 12.1. The fourth-order valence-electron chi connectivity index (χ4n) is 1.48. The van der Waals surface area contributed by atoms with E-state index < -0.39 is 12.4 Å². The first-order valence-corrected chi connectivity index (χ1v) is 5.80. The van der Waals surface area contributed by atoms with Gasteiger partial charge in [-0.1, -0.05) is 26.0 Å². The molecule has 0 saturated carbocycles. The first-order valence-electron chi connectivity index (χ1n) is 5.80. The summed E-state index contributed by atoms with van der Waals surface area (Å²) in [6, 6.07) is 6.80. The van der Waals surface area contributed by atoms with E-state index in [9.17, 15) is 13.2 Å². The van der Waals surface area contributed by atoms with Gasteiger partial charge in [-0.15, -0.1) is 13.2 Å². The number of nitrogens with zero attached hydrogens (tertiary/aromatic N) is 1. The second-order valence-electron chi connectivity index (χ2n) is 4.48. The van der Waals surface area contributed by atoms with Gasteiger partial charge in [-0.2, -0.15) is 5.26 Å². The Bertz CT molecular complexity index is 452. The molecule has 0 fully saturated rings. The highest BCUT2D eigenvalue weighted by molar-refractivity contribution is 5.33. The molecule has 1 N–H and O–H groups in total. The van der Waals surface area contributed by atoms with Crippen molar-refractivity contribution in [3.05, 3.63) is 29.8 Å². The summed E-state index contributed by atoms with van der Waals surface area (Å²) in [5, 5.41) is 12.0. The van der Waals surface area contributed by atoms with Gasteiger partial charge in [-0.25, -0.2) is 0 Å². The summed E-state index contributed by atoms with van der Waals surface area (Å²) >= 11 is 0. The van der Waals surface area contributed by atoms with Gasteiger partial charge in [-0.05, 0) is 30.2 Å². The summed E-state index contributed by atoms with van der Waals surface area (Å²) in [5.74, 6) is 0.0158. The Hall–Kier alpha value is -1.74. The van der Waals surface area contributed by atoms with Gasteiger partial charge in [-0.3, -0.25) is 5.32 Å². The van der Waals surface area contributed by atoms with Crippen molar-refractivity contribution in [2.24, 2.45) is 5.92 Å². The number of nitrogens with one attached hydrogen (secondary N) is 1. The number of rotatable bonds is 5. The molecule has 1 aromatic rings. The lowest BCUT2D eigenvalue weighted by molar-refractivity contribution is -0.274. The molecular weight excluding hydrogens is 257 g/mol. The van der Waals surface area contributed by atoms with Gasteiger partial charge in [0.25, 0.3) is 0 Å². The first-order chi connectivity index (χ1) is 8.81. The highest BCUT2D eigenvalue weighted by Crippen LogP contribution is 2.25. The Morgan fingerprint density at radius 2 is 2.05 bits per heavy atom. The average Bonchev–Trinajstić information content (AvgIpc) is 2.27. The van der Waals surface area contributed by atoms with Crippen LogP contribution in [-0.2, 0) is 0 Å². The van der Waals surface area contributed by atoms with Crippen LogP contribution in [0, 0.1) is 17.2 Å². The number of ether oxygens (including phenoxy) is 1. The van der Waals surface area contributed by atoms with Crippen molar-refractivity contribution in [1.82, 2.24) is 5.32 Å². The fourth-order valence-corrected chi connectivity index (χ4v) is 1.48. The summed E-state index contributed by atoms with van der Waals surface area (Å²) in [6.07, 6.45) is -4.73. The van der Waals surface area contributed by atoms with E-state index in [4.69, 9.17) is 5.26 Å². The second kappa shape index (κ2) is 6.43. The second-order valence-corrected chi connectivity index (χ2v) is 4.48. The zero-order valence-corrected chi connectivity index (χ0v) is 10.7. The third-order valence-corrected chi connectivity index (χ3v) is 2.28. The van der Waals surface area contributed by atoms with Crippen LogP contribution >= 0.6 is 0 Å². The van der Waals surface area contributed by atoms with Gasteiger partial charge in [0.2, 0.25) is 0 Å². The fraction of sp³-hybridized carbons (Fsp3) is 0.462. The Morgan fingerprint density at radius 1 is 1.37 bits per heavy atom. The molecule has 0 heterocycles. The minimum atomic E-state index is -4.73. The monoisotopic (exact) mass is 272 g/mol. The molecule has 0 aliphatic rings. The summed E-state index contributed by atoms with van der Waals surface area (Å²) in [5.41, 5.74) is 0.449. The molecule has 0 aromatic heterocycles. The van der Waals surface area contributed by atoms with Crippen molar-refractivity contribution < 1.29 is 17.9 Å². The normalized spacial score (nSPS) is 13.1. The Labute approximate surface area is 110 Å². The van der Waals surface area contributed by atoms with Crippen LogP contribution < -0.4 is 10.1 Å². The van der Waals surface area contributed by atoms with Crippen LogP contribution in [0.15, 0.2) is 24.3 Å². The number of benzene rings is 1. The van der Waals surface area contributed by atoms with Gasteiger partial charge < -0.3 is 4.74 Å². The summed E-state index contributed by atoms with van der Waals surface area (Å²) in [4.78, 5) is 0. The Kier molecular flexibility index (Phi) is 5.19. The van der Waals surface area contributed by atoms with Crippen LogP contribution in [-0.4, -0.2) is 12.9 Å². The lowest BCUT2D eigenvalue weighted by atomic mass is 10.1. The van der Waals surface area contributed by atoms with Crippen molar-refractivity contribution in [3.8, 4) is 11.8 Å². The van der Waals surface area contributed by atoms with Gasteiger partial charge in [0.15, 0.2) is 0 Å². The molecule has 1 aromatic carbocycles. The molecule has 0 saturated heterocycles.